The van der Waals surface area contributed by atoms with Gasteiger partial charge in [-0.2, -0.15) is 0 Å². The minimum atomic E-state index is 0.864. The molecule has 2 aromatic rings. The number of hydrogen-bond donors (Lipinski definition) is 0. The van der Waals surface area contributed by atoms with Crippen molar-refractivity contribution < 1.29 is 0 Å². The molecule has 0 atom stereocenters. The molecular formula is C18H24Br2N6. The van der Waals surface area contributed by atoms with Gasteiger partial charge in [0.25, 0.3) is 0 Å². The highest BCUT2D eigenvalue weighted by atomic mass is 79.9. The molecule has 2 fully saturated rings. The first-order chi connectivity index (χ1) is 12.7. The molecule has 8 heteroatoms. The summed E-state index contributed by atoms with van der Waals surface area (Å²) in [5.41, 5.74) is 0. The molecule has 6 nitrogen and oxygen atoms in total. The lowest BCUT2D eigenvalue weighted by Crippen LogP contribution is -2.30. The molecule has 0 amide bonds. The Hall–Kier alpha value is -1.28. The van der Waals surface area contributed by atoms with Gasteiger partial charge < -0.3 is 9.80 Å². The lowest BCUT2D eigenvalue weighted by Gasteiger charge is -2.26. The van der Waals surface area contributed by atoms with Crippen molar-refractivity contribution >= 4 is 43.8 Å². The van der Waals surface area contributed by atoms with Crippen LogP contribution >= 0.6 is 31.9 Å². The number of hydrogen-bond acceptors (Lipinski definition) is 6. The molecule has 4 rings (SSSR count). The minimum Gasteiger partial charge on any atom is -0.341 e. The van der Waals surface area contributed by atoms with Crippen molar-refractivity contribution in [2.45, 2.75) is 38.5 Å². The third kappa shape index (κ3) is 5.87. The van der Waals surface area contributed by atoms with E-state index in [-0.39, 0.29) is 0 Å². The molecule has 4 heterocycles. The van der Waals surface area contributed by atoms with Gasteiger partial charge in [-0.3, -0.25) is 0 Å². The van der Waals surface area contributed by atoms with E-state index in [9.17, 15) is 0 Å². The van der Waals surface area contributed by atoms with E-state index < -0.39 is 0 Å². The van der Waals surface area contributed by atoms with Crippen LogP contribution in [0.4, 0.5) is 11.9 Å². The molecule has 26 heavy (non-hydrogen) atoms. The molecule has 2 aliphatic heterocycles. The molecule has 2 aliphatic rings. The van der Waals surface area contributed by atoms with Crippen molar-refractivity contribution in [3.05, 3.63) is 33.7 Å². The van der Waals surface area contributed by atoms with Crippen LogP contribution in [0.1, 0.15) is 38.5 Å². The summed E-state index contributed by atoms with van der Waals surface area (Å²) in [5, 5.41) is 0. The van der Waals surface area contributed by atoms with Crippen molar-refractivity contribution in [3.8, 4) is 0 Å². The predicted molar refractivity (Wildman–Crippen MR) is 112 cm³/mol. The maximum Gasteiger partial charge on any atom is 0.225 e. The third-order valence-electron chi connectivity index (χ3n) is 4.49. The van der Waals surface area contributed by atoms with Crippen LogP contribution in [0.15, 0.2) is 33.7 Å². The summed E-state index contributed by atoms with van der Waals surface area (Å²) in [5.74, 6) is 1.73. The Morgan fingerprint density at radius 2 is 0.846 bits per heavy atom. The minimum absolute atomic E-state index is 0.864. The first kappa shape index (κ1) is 19.5. The van der Waals surface area contributed by atoms with Crippen LogP contribution in [-0.2, 0) is 0 Å². The largest absolute Gasteiger partial charge is 0.341 e. The summed E-state index contributed by atoms with van der Waals surface area (Å²) in [7, 11) is 0. The summed E-state index contributed by atoms with van der Waals surface area (Å²) in [6.45, 7) is 4.40. The van der Waals surface area contributed by atoms with Gasteiger partial charge in [0.1, 0.15) is 0 Å². The first-order valence-electron chi connectivity index (χ1n) is 9.17. The lowest BCUT2D eigenvalue weighted by molar-refractivity contribution is 0.568. The van der Waals surface area contributed by atoms with E-state index in [1.165, 1.54) is 38.5 Å². The summed E-state index contributed by atoms with van der Waals surface area (Å²) in [6, 6.07) is 0. The zero-order chi connectivity index (χ0) is 18.2. The summed E-state index contributed by atoms with van der Waals surface area (Å²) in [4.78, 5) is 21.6. The van der Waals surface area contributed by atoms with Gasteiger partial charge in [-0.25, -0.2) is 19.9 Å². The Kier molecular flexibility index (Phi) is 7.61. The molecule has 2 aromatic heterocycles. The van der Waals surface area contributed by atoms with Crippen molar-refractivity contribution in [3.63, 3.8) is 0 Å². The smallest absolute Gasteiger partial charge is 0.225 e. The van der Waals surface area contributed by atoms with Gasteiger partial charge >= 0.3 is 0 Å². The predicted octanol–water partition coefficient (Wildman–Crippen LogP) is 4.46. The van der Waals surface area contributed by atoms with E-state index in [1.807, 2.05) is 0 Å². The van der Waals surface area contributed by atoms with E-state index in [0.717, 1.165) is 47.0 Å². The molecule has 0 aromatic carbocycles. The van der Waals surface area contributed by atoms with Crippen molar-refractivity contribution in [2.75, 3.05) is 36.0 Å². The number of halogens is 2. The fourth-order valence-corrected chi connectivity index (χ4v) is 3.53. The van der Waals surface area contributed by atoms with Gasteiger partial charge in [-0.1, -0.05) is 0 Å². The molecule has 0 aliphatic carbocycles. The van der Waals surface area contributed by atoms with Crippen LogP contribution in [0.25, 0.3) is 0 Å². The Bertz CT molecular complexity index is 593. The third-order valence-corrected chi connectivity index (χ3v) is 5.31. The quantitative estimate of drug-likeness (QED) is 0.628. The van der Waals surface area contributed by atoms with Crippen LogP contribution in [-0.4, -0.2) is 46.1 Å². The Morgan fingerprint density at radius 3 is 1.15 bits per heavy atom. The monoisotopic (exact) mass is 482 g/mol. The van der Waals surface area contributed by atoms with Crippen molar-refractivity contribution in [1.82, 2.24) is 19.9 Å². The number of piperidine rings is 2. The molecule has 0 bridgehead atoms. The van der Waals surface area contributed by atoms with Gasteiger partial charge in [0.2, 0.25) is 11.9 Å². The Balaban J connectivity index is 0.000000151. The van der Waals surface area contributed by atoms with Crippen LogP contribution in [0.5, 0.6) is 0 Å². The normalized spacial score (nSPS) is 17.5. The highest BCUT2D eigenvalue weighted by molar-refractivity contribution is 9.10. The van der Waals surface area contributed by atoms with Gasteiger partial charge in [-0.15, -0.1) is 0 Å². The Labute approximate surface area is 171 Å². The lowest BCUT2D eigenvalue weighted by atomic mass is 10.1. The zero-order valence-corrected chi connectivity index (χ0v) is 18.0. The van der Waals surface area contributed by atoms with E-state index in [4.69, 9.17) is 0 Å². The molecule has 0 radical (unpaired) electrons. The van der Waals surface area contributed by atoms with Crippen LogP contribution in [0, 0.1) is 0 Å². The van der Waals surface area contributed by atoms with Crippen LogP contribution in [0.3, 0.4) is 0 Å². The number of rotatable bonds is 2. The maximum absolute atomic E-state index is 4.27. The highest BCUT2D eigenvalue weighted by Gasteiger charge is 2.13. The number of aromatic nitrogens is 4. The maximum atomic E-state index is 4.27. The molecule has 2 saturated heterocycles. The molecule has 0 unspecified atom stereocenters. The Morgan fingerprint density at radius 1 is 0.538 bits per heavy atom. The molecule has 0 spiro atoms. The van der Waals surface area contributed by atoms with E-state index in [1.54, 1.807) is 24.8 Å². The fourth-order valence-electron chi connectivity index (χ4n) is 3.13. The number of nitrogens with zero attached hydrogens (tertiary/aromatic N) is 6. The molecule has 0 N–H and O–H groups in total. The van der Waals surface area contributed by atoms with E-state index in [2.05, 4.69) is 61.6 Å². The van der Waals surface area contributed by atoms with Crippen molar-refractivity contribution in [1.29, 1.82) is 0 Å². The summed E-state index contributed by atoms with van der Waals surface area (Å²) in [6.07, 6.45) is 14.9. The highest BCUT2D eigenvalue weighted by Crippen LogP contribution is 2.17. The second-order valence-corrected chi connectivity index (χ2v) is 8.33. The SMILES string of the molecule is Brc1cnc(N2CCCCC2)nc1.Brc1cnc(N2CCCCC2)nc1. The summed E-state index contributed by atoms with van der Waals surface area (Å²) >= 11 is 6.65. The molecule has 140 valence electrons. The fraction of sp³-hybridized carbons (Fsp3) is 0.556. The second-order valence-electron chi connectivity index (χ2n) is 6.50. The van der Waals surface area contributed by atoms with Gasteiger partial charge in [0, 0.05) is 51.0 Å². The van der Waals surface area contributed by atoms with E-state index >= 15 is 0 Å². The number of anilines is 2. The van der Waals surface area contributed by atoms with Gasteiger partial charge in [0.15, 0.2) is 0 Å². The molecular weight excluding hydrogens is 460 g/mol. The average Bonchev–Trinajstić information content (AvgIpc) is 2.71. The standard InChI is InChI=1S/2C9H12BrN3/c2*10-8-6-11-9(12-7-8)13-4-2-1-3-5-13/h2*6-7H,1-5H2. The zero-order valence-electron chi connectivity index (χ0n) is 14.8. The summed E-state index contributed by atoms with van der Waals surface area (Å²) < 4.78 is 1.88. The van der Waals surface area contributed by atoms with Crippen molar-refractivity contribution in [2.24, 2.45) is 0 Å². The molecule has 0 saturated carbocycles. The van der Waals surface area contributed by atoms with Crippen LogP contribution < -0.4 is 9.80 Å². The second kappa shape index (κ2) is 10.2. The van der Waals surface area contributed by atoms with Gasteiger partial charge in [0.05, 0.1) is 8.95 Å². The van der Waals surface area contributed by atoms with Crippen LogP contribution in [0.2, 0.25) is 0 Å². The average molecular weight is 484 g/mol. The topological polar surface area (TPSA) is 58.0 Å². The van der Waals surface area contributed by atoms with Gasteiger partial charge in [-0.05, 0) is 70.4 Å². The first-order valence-corrected chi connectivity index (χ1v) is 10.8. The van der Waals surface area contributed by atoms with E-state index in [0.29, 0.717) is 0 Å².